The van der Waals surface area contributed by atoms with Gasteiger partial charge in [-0.3, -0.25) is 9.59 Å². The Bertz CT molecular complexity index is 334. The molecule has 2 aliphatic rings. The van der Waals surface area contributed by atoms with Crippen LogP contribution in [0.25, 0.3) is 0 Å². The molecule has 0 spiro atoms. The Kier molecular flexibility index (Phi) is 3.66. The number of carbonyl (C=O) groups excluding carboxylic acids is 2. The first kappa shape index (κ1) is 12.7. The van der Waals surface area contributed by atoms with E-state index in [0.717, 1.165) is 31.6 Å². The Hall–Kier alpha value is -0.710. The van der Waals surface area contributed by atoms with Crippen molar-refractivity contribution in [2.45, 2.75) is 50.4 Å². The van der Waals surface area contributed by atoms with Gasteiger partial charge in [0.1, 0.15) is 6.04 Å². The van der Waals surface area contributed by atoms with E-state index in [-0.39, 0.29) is 22.7 Å². The highest BCUT2D eigenvalue weighted by molar-refractivity contribution is 8.01. The molecule has 0 aromatic carbocycles. The molecule has 2 unspecified atom stereocenters. The maximum absolute atomic E-state index is 12.0. The van der Waals surface area contributed by atoms with E-state index in [1.165, 1.54) is 0 Å². The zero-order chi connectivity index (χ0) is 12.5. The lowest BCUT2D eigenvalue weighted by atomic mass is 10.2. The van der Waals surface area contributed by atoms with Crippen LogP contribution in [0.4, 0.5) is 0 Å². The Morgan fingerprint density at radius 3 is 3.12 bits per heavy atom. The summed E-state index contributed by atoms with van der Waals surface area (Å²) in [5.74, 6) is 0.887. The Labute approximate surface area is 106 Å². The number of carbonyl (C=O) groups is 2. The maximum Gasteiger partial charge on any atom is 0.243 e. The van der Waals surface area contributed by atoms with Crippen LogP contribution < -0.4 is 5.32 Å². The average molecular weight is 256 g/mol. The highest BCUT2D eigenvalue weighted by Crippen LogP contribution is 2.47. The molecule has 2 amide bonds. The van der Waals surface area contributed by atoms with Crippen molar-refractivity contribution in [1.82, 2.24) is 10.2 Å². The quantitative estimate of drug-likeness (QED) is 0.773. The molecule has 17 heavy (non-hydrogen) atoms. The van der Waals surface area contributed by atoms with Gasteiger partial charge in [-0.15, -0.1) is 11.8 Å². The zero-order valence-electron chi connectivity index (χ0n) is 10.5. The van der Waals surface area contributed by atoms with Crippen molar-refractivity contribution in [3.05, 3.63) is 0 Å². The van der Waals surface area contributed by atoms with E-state index in [9.17, 15) is 9.59 Å². The number of nitrogens with zero attached hydrogens (tertiary/aromatic N) is 1. The highest BCUT2D eigenvalue weighted by Gasteiger charge is 2.52. The number of thioether (sulfide) groups is 1. The van der Waals surface area contributed by atoms with Gasteiger partial charge in [-0.1, -0.05) is 13.3 Å². The molecule has 5 heteroatoms. The molecule has 2 fully saturated rings. The number of hydrogen-bond donors (Lipinski definition) is 1. The third-order valence-corrected chi connectivity index (χ3v) is 5.08. The first-order valence-electron chi connectivity index (χ1n) is 6.32. The molecular formula is C12H20N2O2S. The molecule has 0 radical (unpaired) electrons. The molecule has 4 nitrogen and oxygen atoms in total. The third-order valence-electron chi connectivity index (χ3n) is 3.58. The molecule has 0 bridgehead atoms. The highest BCUT2D eigenvalue weighted by atomic mass is 32.2. The minimum atomic E-state index is -0.253. The van der Waals surface area contributed by atoms with Crippen LogP contribution in [0.5, 0.6) is 0 Å². The van der Waals surface area contributed by atoms with Crippen LogP contribution >= 0.6 is 11.8 Å². The van der Waals surface area contributed by atoms with Crippen molar-refractivity contribution in [2.75, 3.05) is 12.3 Å². The number of hydrogen-bond acceptors (Lipinski definition) is 3. The summed E-state index contributed by atoms with van der Waals surface area (Å²) >= 11 is 1.74. The summed E-state index contributed by atoms with van der Waals surface area (Å²) in [6, 6.07) is -0.253. The fraction of sp³-hybridized carbons (Fsp3) is 0.833. The Morgan fingerprint density at radius 2 is 2.41 bits per heavy atom. The molecule has 0 saturated carbocycles. The molecule has 1 N–H and O–H groups in total. The van der Waals surface area contributed by atoms with Crippen LogP contribution in [-0.2, 0) is 9.59 Å². The number of rotatable bonds is 4. The number of amides is 2. The van der Waals surface area contributed by atoms with Gasteiger partial charge in [-0.2, -0.15) is 0 Å². The van der Waals surface area contributed by atoms with Gasteiger partial charge in [-0.25, -0.2) is 0 Å². The topological polar surface area (TPSA) is 49.4 Å². The van der Waals surface area contributed by atoms with Gasteiger partial charge in [0.15, 0.2) is 0 Å². The normalized spacial score (nSPS) is 31.8. The summed E-state index contributed by atoms with van der Waals surface area (Å²) < 4.78 is 0. The first-order chi connectivity index (χ1) is 8.08. The van der Waals surface area contributed by atoms with Crippen molar-refractivity contribution in [1.29, 1.82) is 0 Å². The summed E-state index contributed by atoms with van der Waals surface area (Å²) in [5, 5.41) is 2.93. The lowest BCUT2D eigenvalue weighted by Gasteiger charge is -2.29. The van der Waals surface area contributed by atoms with Gasteiger partial charge in [0.05, 0.1) is 4.87 Å². The van der Waals surface area contributed by atoms with E-state index in [4.69, 9.17) is 0 Å². The number of nitrogens with one attached hydrogen (secondary N) is 1. The summed E-state index contributed by atoms with van der Waals surface area (Å²) in [6.07, 6.45) is 3.52. The molecule has 0 aliphatic carbocycles. The van der Waals surface area contributed by atoms with Crippen molar-refractivity contribution in [2.24, 2.45) is 0 Å². The molecule has 2 atom stereocenters. The SMILES string of the molecule is CCCCNC(=O)C1CSC2(C)CCC(=O)N12. The molecule has 96 valence electrons. The van der Waals surface area contributed by atoms with E-state index >= 15 is 0 Å². The molecular weight excluding hydrogens is 236 g/mol. The van der Waals surface area contributed by atoms with Crippen molar-refractivity contribution in [3.8, 4) is 0 Å². The summed E-state index contributed by atoms with van der Waals surface area (Å²) in [6.45, 7) is 4.88. The minimum Gasteiger partial charge on any atom is -0.354 e. The first-order valence-corrected chi connectivity index (χ1v) is 7.31. The van der Waals surface area contributed by atoms with Crippen LogP contribution in [0, 0.1) is 0 Å². The predicted molar refractivity (Wildman–Crippen MR) is 68.6 cm³/mol. The second-order valence-corrected chi connectivity index (χ2v) is 6.41. The van der Waals surface area contributed by atoms with E-state index in [1.807, 2.05) is 0 Å². The van der Waals surface area contributed by atoms with E-state index in [2.05, 4.69) is 19.2 Å². The summed E-state index contributed by atoms with van der Waals surface area (Å²) in [5.41, 5.74) is 0. The molecule has 2 aliphatic heterocycles. The zero-order valence-corrected chi connectivity index (χ0v) is 11.3. The largest absolute Gasteiger partial charge is 0.354 e. The van der Waals surface area contributed by atoms with Gasteiger partial charge in [-0.05, 0) is 19.8 Å². The van der Waals surface area contributed by atoms with Crippen LogP contribution in [0.1, 0.15) is 39.5 Å². The minimum absolute atomic E-state index is 0.0184. The smallest absolute Gasteiger partial charge is 0.243 e. The number of fused-ring (bicyclic) bond motifs is 1. The monoisotopic (exact) mass is 256 g/mol. The molecule has 0 aromatic rings. The third kappa shape index (κ3) is 2.30. The van der Waals surface area contributed by atoms with E-state index in [0.29, 0.717) is 6.42 Å². The van der Waals surface area contributed by atoms with Gasteiger partial charge < -0.3 is 10.2 Å². The van der Waals surface area contributed by atoms with Crippen LogP contribution in [0.2, 0.25) is 0 Å². The Balaban J connectivity index is 1.98. The van der Waals surface area contributed by atoms with Crippen LogP contribution in [0.3, 0.4) is 0 Å². The summed E-state index contributed by atoms with van der Waals surface area (Å²) in [4.78, 5) is 25.5. The maximum atomic E-state index is 12.0. The Morgan fingerprint density at radius 1 is 1.65 bits per heavy atom. The fourth-order valence-corrected chi connectivity index (χ4v) is 3.95. The molecule has 2 rings (SSSR count). The predicted octanol–water partition coefficient (Wildman–Crippen LogP) is 1.36. The van der Waals surface area contributed by atoms with E-state index in [1.54, 1.807) is 16.7 Å². The molecule has 0 aromatic heterocycles. The second kappa shape index (κ2) is 4.88. The van der Waals surface area contributed by atoms with Crippen LogP contribution in [0.15, 0.2) is 0 Å². The number of unbranched alkanes of at least 4 members (excludes halogenated alkanes) is 1. The van der Waals surface area contributed by atoms with Crippen molar-refractivity contribution in [3.63, 3.8) is 0 Å². The van der Waals surface area contributed by atoms with Gasteiger partial charge >= 0.3 is 0 Å². The van der Waals surface area contributed by atoms with Gasteiger partial charge in [0.25, 0.3) is 0 Å². The standard InChI is InChI=1S/C12H20N2O2S/c1-3-4-7-13-11(16)9-8-17-12(2)6-5-10(15)14(9)12/h9H,3-8H2,1-2H3,(H,13,16). The van der Waals surface area contributed by atoms with Crippen LogP contribution in [-0.4, -0.2) is 39.9 Å². The second-order valence-electron chi connectivity index (χ2n) is 4.91. The van der Waals surface area contributed by atoms with Crippen molar-refractivity contribution < 1.29 is 9.59 Å². The van der Waals surface area contributed by atoms with Gasteiger partial charge in [0.2, 0.25) is 11.8 Å². The lowest BCUT2D eigenvalue weighted by Crippen LogP contribution is -2.50. The van der Waals surface area contributed by atoms with Crippen molar-refractivity contribution >= 4 is 23.6 Å². The van der Waals surface area contributed by atoms with Gasteiger partial charge in [0, 0.05) is 18.7 Å². The lowest BCUT2D eigenvalue weighted by molar-refractivity contribution is -0.137. The summed E-state index contributed by atoms with van der Waals surface area (Å²) in [7, 11) is 0. The average Bonchev–Trinajstić information content (AvgIpc) is 2.77. The molecule has 2 saturated heterocycles. The van der Waals surface area contributed by atoms with E-state index < -0.39 is 0 Å². The fourth-order valence-electron chi connectivity index (χ4n) is 2.52. The molecule has 2 heterocycles.